The number of hydrogen-bond acceptors (Lipinski definition) is 3. The number of rotatable bonds is 5. The van der Waals surface area contributed by atoms with Gasteiger partial charge in [-0.15, -0.1) is 0 Å². The second-order valence-corrected chi connectivity index (χ2v) is 5.84. The Balaban J connectivity index is 1.60. The van der Waals surface area contributed by atoms with Crippen LogP contribution in [-0.2, 0) is 11.2 Å². The molecule has 2 heterocycles. The molecule has 0 saturated carbocycles. The molecule has 0 radical (unpaired) electrons. The summed E-state index contributed by atoms with van der Waals surface area (Å²) in [6.07, 6.45) is 4.68. The molecule has 0 unspecified atom stereocenters. The number of carbonyl (C=O) groups is 1. The van der Waals surface area contributed by atoms with E-state index in [9.17, 15) is 9.90 Å². The number of aryl methyl sites for hydroxylation is 1. The van der Waals surface area contributed by atoms with Gasteiger partial charge in [-0.05, 0) is 49.3 Å². The molecular formula is C16H20O4. The highest BCUT2D eigenvalue weighted by Gasteiger charge is 2.47. The zero-order valence-electron chi connectivity index (χ0n) is 11.4. The number of hydrogen-bond donors (Lipinski definition) is 2. The molecule has 2 bridgehead atoms. The van der Waals surface area contributed by atoms with Crippen molar-refractivity contribution in [3.05, 3.63) is 35.4 Å². The molecule has 2 N–H and O–H groups in total. The second kappa shape index (κ2) is 5.54. The third-order valence-electron chi connectivity index (χ3n) is 4.77. The molecule has 2 saturated heterocycles. The highest BCUT2D eigenvalue weighted by molar-refractivity contribution is 5.87. The molecule has 2 fully saturated rings. The number of carboxylic acids is 1. The van der Waals surface area contributed by atoms with E-state index in [2.05, 4.69) is 0 Å². The van der Waals surface area contributed by atoms with Crippen LogP contribution in [0.15, 0.2) is 24.3 Å². The zero-order valence-corrected chi connectivity index (χ0v) is 11.4. The molecule has 1 aromatic carbocycles. The predicted octanol–water partition coefficient (Wildman–Crippen LogP) is 2.10. The SMILES string of the molecule is O=C(O)c1ccc(CC[C@@H]2[C@H](CO)[C@@H]3CC[C@H]2O3)cc1. The molecule has 4 atom stereocenters. The number of ether oxygens (including phenoxy) is 1. The molecule has 2 aliphatic rings. The van der Waals surface area contributed by atoms with E-state index in [0.717, 1.165) is 31.2 Å². The largest absolute Gasteiger partial charge is 0.478 e. The topological polar surface area (TPSA) is 66.8 Å². The van der Waals surface area contributed by atoms with Crippen molar-refractivity contribution in [3.8, 4) is 0 Å². The fourth-order valence-corrected chi connectivity index (χ4v) is 3.67. The van der Waals surface area contributed by atoms with Gasteiger partial charge in [0.2, 0.25) is 0 Å². The van der Waals surface area contributed by atoms with E-state index >= 15 is 0 Å². The maximum absolute atomic E-state index is 10.8. The van der Waals surface area contributed by atoms with Crippen LogP contribution >= 0.6 is 0 Å². The van der Waals surface area contributed by atoms with Gasteiger partial charge in [0.15, 0.2) is 0 Å². The van der Waals surface area contributed by atoms with Crippen molar-refractivity contribution in [1.82, 2.24) is 0 Å². The van der Waals surface area contributed by atoms with Crippen LogP contribution in [0.5, 0.6) is 0 Å². The van der Waals surface area contributed by atoms with E-state index in [0.29, 0.717) is 17.6 Å². The monoisotopic (exact) mass is 276 g/mol. The summed E-state index contributed by atoms with van der Waals surface area (Å²) in [6.45, 7) is 0.212. The van der Waals surface area contributed by atoms with Gasteiger partial charge in [0, 0.05) is 12.5 Å². The van der Waals surface area contributed by atoms with Crippen LogP contribution in [0.2, 0.25) is 0 Å². The standard InChI is InChI=1S/C16H20O4/c17-9-13-12(14-7-8-15(13)20-14)6-3-10-1-4-11(5-2-10)16(18)19/h1-2,4-5,12-15,17H,3,6-9H2,(H,18,19)/t12-,13+,14-,15+/m1/s1. The molecule has 3 rings (SSSR count). The van der Waals surface area contributed by atoms with Gasteiger partial charge in [-0.25, -0.2) is 4.79 Å². The van der Waals surface area contributed by atoms with Crippen molar-refractivity contribution in [3.63, 3.8) is 0 Å². The number of aromatic carboxylic acids is 1. The Kier molecular flexibility index (Phi) is 3.76. The summed E-state index contributed by atoms with van der Waals surface area (Å²) >= 11 is 0. The Labute approximate surface area is 118 Å². The van der Waals surface area contributed by atoms with Crippen LogP contribution in [0.3, 0.4) is 0 Å². The molecule has 0 spiro atoms. The molecule has 0 amide bonds. The average Bonchev–Trinajstić information content (AvgIpc) is 3.05. The lowest BCUT2D eigenvalue weighted by atomic mass is 9.77. The van der Waals surface area contributed by atoms with Gasteiger partial charge in [0.05, 0.1) is 17.8 Å². The number of aliphatic hydroxyl groups is 1. The number of carboxylic acid groups (broad SMARTS) is 1. The van der Waals surface area contributed by atoms with E-state index in [1.165, 1.54) is 0 Å². The van der Waals surface area contributed by atoms with Gasteiger partial charge in [0.1, 0.15) is 0 Å². The van der Waals surface area contributed by atoms with Gasteiger partial charge in [0.25, 0.3) is 0 Å². The summed E-state index contributed by atoms with van der Waals surface area (Å²) in [5.41, 5.74) is 1.47. The number of benzene rings is 1. The van der Waals surface area contributed by atoms with Gasteiger partial charge in [-0.2, -0.15) is 0 Å². The normalized spacial score (nSPS) is 31.6. The lowest BCUT2D eigenvalue weighted by Crippen LogP contribution is -2.30. The summed E-state index contributed by atoms with van der Waals surface area (Å²) < 4.78 is 5.89. The van der Waals surface area contributed by atoms with Crippen molar-refractivity contribution < 1.29 is 19.7 Å². The fraction of sp³-hybridized carbons (Fsp3) is 0.562. The first kappa shape index (κ1) is 13.6. The third kappa shape index (κ3) is 2.45. The fourth-order valence-electron chi connectivity index (χ4n) is 3.67. The predicted molar refractivity (Wildman–Crippen MR) is 73.7 cm³/mol. The van der Waals surface area contributed by atoms with Gasteiger partial charge < -0.3 is 14.9 Å². The maximum Gasteiger partial charge on any atom is 0.335 e. The Hall–Kier alpha value is -1.39. The van der Waals surface area contributed by atoms with Crippen LogP contribution in [0.25, 0.3) is 0 Å². The molecule has 1 aromatic rings. The molecular weight excluding hydrogens is 256 g/mol. The summed E-state index contributed by atoms with van der Waals surface area (Å²) in [7, 11) is 0. The van der Waals surface area contributed by atoms with Crippen molar-refractivity contribution in [2.45, 2.75) is 37.9 Å². The maximum atomic E-state index is 10.8. The highest BCUT2D eigenvalue weighted by atomic mass is 16.5. The van der Waals surface area contributed by atoms with E-state index in [1.54, 1.807) is 12.1 Å². The van der Waals surface area contributed by atoms with Gasteiger partial charge >= 0.3 is 5.97 Å². The molecule has 20 heavy (non-hydrogen) atoms. The van der Waals surface area contributed by atoms with Crippen molar-refractivity contribution in [2.24, 2.45) is 11.8 Å². The minimum Gasteiger partial charge on any atom is -0.478 e. The lowest BCUT2D eigenvalue weighted by Gasteiger charge is -2.26. The smallest absolute Gasteiger partial charge is 0.335 e. The number of aliphatic hydroxyl groups excluding tert-OH is 1. The molecule has 0 aromatic heterocycles. The first-order valence-corrected chi connectivity index (χ1v) is 7.27. The first-order chi connectivity index (χ1) is 9.69. The van der Waals surface area contributed by atoms with Crippen molar-refractivity contribution >= 4 is 5.97 Å². The molecule has 108 valence electrons. The highest BCUT2D eigenvalue weighted by Crippen LogP contribution is 2.45. The van der Waals surface area contributed by atoms with Crippen LogP contribution in [0.1, 0.15) is 35.2 Å². The number of fused-ring (bicyclic) bond motifs is 2. The lowest BCUT2D eigenvalue weighted by molar-refractivity contribution is 0.0696. The third-order valence-corrected chi connectivity index (χ3v) is 4.77. The minimum atomic E-state index is -0.890. The Morgan fingerprint density at radius 3 is 2.40 bits per heavy atom. The van der Waals surface area contributed by atoms with E-state index in [4.69, 9.17) is 9.84 Å². The van der Waals surface area contributed by atoms with Gasteiger partial charge in [-0.3, -0.25) is 0 Å². The van der Waals surface area contributed by atoms with Crippen molar-refractivity contribution in [1.29, 1.82) is 0 Å². The quantitative estimate of drug-likeness (QED) is 0.864. The average molecular weight is 276 g/mol. The molecule has 4 heteroatoms. The van der Waals surface area contributed by atoms with E-state index in [1.807, 2.05) is 12.1 Å². The molecule has 0 aliphatic carbocycles. The van der Waals surface area contributed by atoms with Crippen LogP contribution in [-0.4, -0.2) is 35.0 Å². The zero-order chi connectivity index (χ0) is 14.1. The summed E-state index contributed by atoms with van der Waals surface area (Å²) in [6, 6.07) is 7.06. The Morgan fingerprint density at radius 2 is 1.80 bits per heavy atom. The van der Waals surface area contributed by atoms with Crippen molar-refractivity contribution in [2.75, 3.05) is 6.61 Å². The second-order valence-electron chi connectivity index (χ2n) is 5.84. The molecule has 2 aliphatic heterocycles. The van der Waals surface area contributed by atoms with Gasteiger partial charge in [-0.1, -0.05) is 12.1 Å². The summed E-state index contributed by atoms with van der Waals surface area (Å²) in [5.74, 6) is -0.164. The minimum absolute atomic E-state index is 0.212. The van der Waals surface area contributed by atoms with E-state index in [-0.39, 0.29) is 18.6 Å². The van der Waals surface area contributed by atoms with Crippen LogP contribution < -0.4 is 0 Å². The Bertz CT molecular complexity index is 482. The molecule has 4 nitrogen and oxygen atoms in total. The van der Waals surface area contributed by atoms with Crippen LogP contribution in [0, 0.1) is 11.8 Å². The summed E-state index contributed by atoms with van der Waals surface area (Å²) in [5, 5.41) is 18.4. The Morgan fingerprint density at radius 1 is 1.15 bits per heavy atom. The van der Waals surface area contributed by atoms with E-state index < -0.39 is 5.97 Å². The van der Waals surface area contributed by atoms with Crippen LogP contribution in [0.4, 0.5) is 0 Å². The first-order valence-electron chi connectivity index (χ1n) is 7.27. The summed E-state index contributed by atoms with van der Waals surface area (Å²) in [4.78, 5) is 10.8.